The van der Waals surface area contributed by atoms with E-state index in [1.165, 1.54) is 18.1 Å². The molecule has 2 saturated heterocycles. The minimum Gasteiger partial charge on any atom is -0.384 e. The van der Waals surface area contributed by atoms with Crippen molar-refractivity contribution in [2.24, 2.45) is 0 Å². The van der Waals surface area contributed by atoms with Gasteiger partial charge in [-0.1, -0.05) is 0 Å². The lowest BCUT2D eigenvalue weighted by Gasteiger charge is -2.35. The van der Waals surface area contributed by atoms with Crippen LogP contribution in [0.4, 0.5) is 5.82 Å². The quantitative estimate of drug-likeness (QED) is 0.575. The molecule has 2 fully saturated rings. The van der Waals surface area contributed by atoms with Crippen LogP contribution in [0.1, 0.15) is 17.4 Å². The number of aliphatic hydroxyl groups excluding tert-OH is 1. The molecule has 5 heterocycles. The summed E-state index contributed by atoms with van der Waals surface area (Å²) in [5.74, 6) is 1.38. The number of carbonyl (C=O) groups is 1. The van der Waals surface area contributed by atoms with Gasteiger partial charge in [0.15, 0.2) is 11.6 Å². The van der Waals surface area contributed by atoms with Gasteiger partial charge < -0.3 is 19.6 Å². The normalized spacial score (nSPS) is 18.4. The third kappa shape index (κ3) is 4.61. The minimum atomic E-state index is -0.946. The molecule has 3 aromatic rings. The number of carbonyl (C=O) groups excluding carboxylic acids is 1. The Hall–Kier alpha value is -2.73. The number of hydrogen-bond acceptors (Lipinski definition) is 10. The highest BCUT2D eigenvalue weighted by Crippen LogP contribution is 2.38. The molecule has 180 valence electrons. The van der Waals surface area contributed by atoms with Gasteiger partial charge in [0.05, 0.1) is 29.0 Å². The number of nitrogens with zero attached hydrogens (tertiary/aromatic N) is 7. The molecule has 0 aliphatic carbocycles. The van der Waals surface area contributed by atoms with Crippen molar-refractivity contribution >= 4 is 33.3 Å². The molecule has 34 heavy (non-hydrogen) atoms. The van der Waals surface area contributed by atoms with Crippen LogP contribution in [-0.4, -0.2) is 99.3 Å². The Kier molecular flexibility index (Phi) is 6.68. The third-order valence-corrected chi connectivity index (χ3v) is 7.65. The average molecular weight is 484 g/mol. The first kappa shape index (κ1) is 23.0. The standard InChI is InChI=1S/C23H29N7O3S/c1-15-18(13-28-3-5-30(6-4-28)23(32)16(2)31)34-20-19(15)26-21(17-11-24-14-25-12-17)27-22(20)29-7-9-33-10-8-29/h11-12,14,16,31H,3-10,13H2,1-2H3/t16-/m0/s1. The van der Waals surface area contributed by atoms with E-state index in [4.69, 9.17) is 14.7 Å². The fourth-order valence-corrected chi connectivity index (χ4v) is 5.70. The second kappa shape index (κ2) is 9.87. The summed E-state index contributed by atoms with van der Waals surface area (Å²) in [4.78, 5) is 37.9. The maximum Gasteiger partial charge on any atom is 0.251 e. The predicted molar refractivity (Wildman–Crippen MR) is 130 cm³/mol. The lowest BCUT2D eigenvalue weighted by atomic mass is 10.2. The number of aliphatic hydroxyl groups is 1. The summed E-state index contributed by atoms with van der Waals surface area (Å²) in [5, 5.41) is 9.59. The Balaban J connectivity index is 1.45. The molecule has 11 heteroatoms. The van der Waals surface area contributed by atoms with E-state index in [2.05, 4.69) is 26.7 Å². The number of fused-ring (bicyclic) bond motifs is 1. The minimum absolute atomic E-state index is 0.194. The van der Waals surface area contributed by atoms with Crippen LogP contribution in [0.3, 0.4) is 0 Å². The number of morpholine rings is 1. The van der Waals surface area contributed by atoms with E-state index in [1.54, 1.807) is 28.6 Å². The number of rotatable bonds is 5. The van der Waals surface area contributed by atoms with Crippen molar-refractivity contribution in [1.29, 1.82) is 0 Å². The van der Waals surface area contributed by atoms with Gasteiger partial charge in [-0.2, -0.15) is 0 Å². The maximum atomic E-state index is 12.1. The molecule has 1 N–H and O–H groups in total. The first-order valence-electron chi connectivity index (χ1n) is 11.6. The van der Waals surface area contributed by atoms with Gasteiger partial charge in [0.1, 0.15) is 12.4 Å². The van der Waals surface area contributed by atoms with E-state index in [0.29, 0.717) is 32.1 Å². The van der Waals surface area contributed by atoms with Crippen LogP contribution in [0.25, 0.3) is 21.6 Å². The van der Waals surface area contributed by atoms with Crippen LogP contribution >= 0.6 is 11.3 Å². The van der Waals surface area contributed by atoms with Crippen LogP contribution in [0.5, 0.6) is 0 Å². The molecule has 2 aliphatic rings. The smallest absolute Gasteiger partial charge is 0.251 e. The van der Waals surface area contributed by atoms with Gasteiger partial charge in [0, 0.05) is 63.1 Å². The van der Waals surface area contributed by atoms with E-state index in [9.17, 15) is 9.90 Å². The Morgan fingerprint density at radius 3 is 2.50 bits per heavy atom. The van der Waals surface area contributed by atoms with Crippen LogP contribution in [-0.2, 0) is 16.1 Å². The number of aryl methyl sites for hydroxylation is 1. The molecule has 1 atom stereocenters. The van der Waals surface area contributed by atoms with Crippen molar-refractivity contribution < 1.29 is 14.6 Å². The SMILES string of the molecule is Cc1c(CN2CCN(C(=O)[C@H](C)O)CC2)sc2c(N3CCOCC3)nc(-c3cncnc3)nc12. The van der Waals surface area contributed by atoms with Crippen molar-refractivity contribution in [3.8, 4) is 11.4 Å². The molecule has 0 unspecified atom stereocenters. The number of ether oxygens (including phenoxy) is 1. The highest BCUT2D eigenvalue weighted by molar-refractivity contribution is 7.19. The fourth-order valence-electron chi connectivity index (χ4n) is 4.40. The zero-order chi connectivity index (χ0) is 23.7. The number of amides is 1. The number of aromatic nitrogens is 4. The lowest BCUT2D eigenvalue weighted by molar-refractivity contribution is -0.141. The molecule has 2 aliphatic heterocycles. The zero-order valence-electron chi connectivity index (χ0n) is 19.5. The summed E-state index contributed by atoms with van der Waals surface area (Å²) in [6.45, 7) is 10.2. The zero-order valence-corrected chi connectivity index (χ0v) is 20.3. The Labute approximate surface area is 202 Å². The Morgan fingerprint density at radius 1 is 1.12 bits per heavy atom. The Bertz CT molecular complexity index is 1160. The van der Waals surface area contributed by atoms with E-state index in [0.717, 1.165) is 59.9 Å². The molecule has 0 spiro atoms. The van der Waals surface area contributed by atoms with Crippen molar-refractivity contribution in [1.82, 2.24) is 29.7 Å². The number of piperazine rings is 1. The number of thiophene rings is 1. The number of anilines is 1. The van der Waals surface area contributed by atoms with Crippen molar-refractivity contribution in [2.75, 3.05) is 57.4 Å². The molecule has 3 aromatic heterocycles. The van der Waals surface area contributed by atoms with Crippen LogP contribution in [0.2, 0.25) is 0 Å². The fraction of sp³-hybridized carbons (Fsp3) is 0.522. The third-order valence-electron chi connectivity index (χ3n) is 6.38. The summed E-state index contributed by atoms with van der Waals surface area (Å²) >= 11 is 1.75. The molecule has 0 aromatic carbocycles. The van der Waals surface area contributed by atoms with Crippen molar-refractivity contribution in [3.05, 3.63) is 29.2 Å². The van der Waals surface area contributed by atoms with E-state index in [-0.39, 0.29) is 5.91 Å². The van der Waals surface area contributed by atoms with Crippen LogP contribution < -0.4 is 4.90 Å². The van der Waals surface area contributed by atoms with Gasteiger partial charge in [0.2, 0.25) is 0 Å². The topological polar surface area (TPSA) is 108 Å². The van der Waals surface area contributed by atoms with Gasteiger partial charge >= 0.3 is 0 Å². The van der Waals surface area contributed by atoms with Gasteiger partial charge in [0.25, 0.3) is 5.91 Å². The maximum absolute atomic E-state index is 12.1. The lowest BCUT2D eigenvalue weighted by Crippen LogP contribution is -2.50. The van der Waals surface area contributed by atoms with E-state index < -0.39 is 6.10 Å². The molecular formula is C23H29N7O3S. The molecule has 0 radical (unpaired) electrons. The molecular weight excluding hydrogens is 454 g/mol. The van der Waals surface area contributed by atoms with Crippen LogP contribution in [0.15, 0.2) is 18.7 Å². The Morgan fingerprint density at radius 2 is 1.82 bits per heavy atom. The monoisotopic (exact) mass is 483 g/mol. The highest BCUT2D eigenvalue weighted by atomic mass is 32.1. The average Bonchev–Trinajstić information content (AvgIpc) is 3.19. The second-order valence-electron chi connectivity index (χ2n) is 8.70. The number of hydrogen-bond donors (Lipinski definition) is 1. The van der Waals surface area contributed by atoms with Crippen molar-refractivity contribution in [3.63, 3.8) is 0 Å². The first-order chi connectivity index (χ1) is 16.5. The molecule has 1 amide bonds. The summed E-state index contributed by atoms with van der Waals surface area (Å²) in [6, 6.07) is 0. The predicted octanol–water partition coefficient (Wildman–Crippen LogP) is 1.32. The molecule has 0 bridgehead atoms. The molecule has 10 nitrogen and oxygen atoms in total. The van der Waals surface area contributed by atoms with E-state index >= 15 is 0 Å². The molecule has 5 rings (SSSR count). The van der Waals surface area contributed by atoms with Gasteiger partial charge in [-0.05, 0) is 19.4 Å². The summed E-state index contributed by atoms with van der Waals surface area (Å²) < 4.78 is 6.66. The van der Waals surface area contributed by atoms with Gasteiger partial charge in [-0.25, -0.2) is 19.9 Å². The molecule has 0 saturated carbocycles. The van der Waals surface area contributed by atoms with E-state index in [1.807, 2.05) is 0 Å². The summed E-state index contributed by atoms with van der Waals surface area (Å²) in [7, 11) is 0. The van der Waals surface area contributed by atoms with Crippen molar-refractivity contribution in [2.45, 2.75) is 26.5 Å². The second-order valence-corrected chi connectivity index (χ2v) is 9.81. The summed E-state index contributed by atoms with van der Waals surface area (Å²) in [5.41, 5.74) is 2.93. The first-order valence-corrected chi connectivity index (χ1v) is 12.4. The van der Waals surface area contributed by atoms with Gasteiger partial charge in [-0.15, -0.1) is 11.3 Å². The largest absolute Gasteiger partial charge is 0.384 e. The van der Waals surface area contributed by atoms with Gasteiger partial charge in [-0.3, -0.25) is 9.69 Å². The van der Waals surface area contributed by atoms with Crippen LogP contribution in [0, 0.1) is 6.92 Å². The highest BCUT2D eigenvalue weighted by Gasteiger charge is 2.26. The summed E-state index contributed by atoms with van der Waals surface area (Å²) in [6.07, 6.45) is 4.05.